The molecule has 0 bridgehead atoms. The Hall–Kier alpha value is -3.10. The Morgan fingerprint density at radius 3 is 2.03 bits per heavy atom. The third kappa shape index (κ3) is 4.24. The van der Waals surface area contributed by atoms with Crippen molar-refractivity contribution in [2.75, 3.05) is 45.4 Å². The van der Waals surface area contributed by atoms with Crippen molar-refractivity contribution in [3.63, 3.8) is 0 Å². The first-order chi connectivity index (χ1) is 14.5. The van der Waals surface area contributed by atoms with E-state index in [0.717, 1.165) is 4.90 Å². The van der Waals surface area contributed by atoms with Crippen molar-refractivity contribution in [2.45, 2.75) is 0 Å². The number of rotatable bonds is 9. The summed E-state index contributed by atoms with van der Waals surface area (Å²) < 4.78 is 38.2. The van der Waals surface area contributed by atoms with Gasteiger partial charge in [0.1, 0.15) is 17.3 Å². The maximum Gasteiger partial charge on any atom is 0.282 e. The van der Waals surface area contributed by atoms with Crippen LogP contribution in [0.15, 0.2) is 54.2 Å². The van der Waals surface area contributed by atoms with E-state index in [0.29, 0.717) is 31.9 Å². The summed E-state index contributed by atoms with van der Waals surface area (Å²) in [5.74, 6) is -2.50. The van der Waals surface area contributed by atoms with Gasteiger partial charge >= 0.3 is 0 Å². The standard InChI is InChI=1S/C22H22F2N2O4/c1-29-13-11-25(12-14-30-2)20-19(15-7-9-16(23)10-8-15)21(27)26(22(20)28)18-6-4-3-5-17(18)24/h3-10H,11-14H2,1-2H3. The van der Waals surface area contributed by atoms with Gasteiger partial charge in [-0.3, -0.25) is 9.59 Å². The van der Waals surface area contributed by atoms with E-state index in [9.17, 15) is 18.4 Å². The van der Waals surface area contributed by atoms with Crippen LogP contribution in [0.4, 0.5) is 14.5 Å². The maximum absolute atomic E-state index is 14.4. The molecular formula is C22H22F2N2O4. The SMILES string of the molecule is COCCN(CCOC)C1=C(c2ccc(F)cc2)C(=O)N(c2ccccc2F)C1=O. The Balaban J connectivity index is 2.14. The monoisotopic (exact) mass is 416 g/mol. The van der Waals surface area contributed by atoms with Gasteiger partial charge in [0, 0.05) is 27.3 Å². The summed E-state index contributed by atoms with van der Waals surface area (Å²) in [4.78, 5) is 29.2. The minimum atomic E-state index is -0.695. The average molecular weight is 416 g/mol. The van der Waals surface area contributed by atoms with Gasteiger partial charge in [-0.1, -0.05) is 24.3 Å². The number of carbonyl (C=O) groups is 2. The molecule has 1 aliphatic heterocycles. The summed E-state index contributed by atoms with van der Waals surface area (Å²) in [6.45, 7) is 1.21. The lowest BCUT2D eigenvalue weighted by atomic mass is 10.0. The first-order valence-corrected chi connectivity index (χ1v) is 9.36. The second-order valence-corrected chi connectivity index (χ2v) is 6.60. The van der Waals surface area contributed by atoms with Crippen molar-refractivity contribution in [1.29, 1.82) is 0 Å². The first-order valence-electron chi connectivity index (χ1n) is 9.36. The lowest BCUT2D eigenvalue weighted by Crippen LogP contribution is -2.38. The second-order valence-electron chi connectivity index (χ2n) is 6.60. The molecule has 2 aromatic rings. The van der Waals surface area contributed by atoms with E-state index >= 15 is 0 Å². The van der Waals surface area contributed by atoms with Crippen LogP contribution >= 0.6 is 0 Å². The Morgan fingerprint density at radius 1 is 0.867 bits per heavy atom. The molecule has 6 nitrogen and oxygen atoms in total. The van der Waals surface area contributed by atoms with Crippen molar-refractivity contribution in [1.82, 2.24) is 4.90 Å². The summed E-state index contributed by atoms with van der Waals surface area (Å²) in [6, 6.07) is 10.8. The molecule has 0 aromatic heterocycles. The molecule has 158 valence electrons. The molecule has 1 heterocycles. The molecule has 0 spiro atoms. The predicted octanol–water partition coefficient (Wildman–Crippen LogP) is 2.84. The smallest absolute Gasteiger partial charge is 0.282 e. The van der Waals surface area contributed by atoms with Crippen molar-refractivity contribution in [3.05, 3.63) is 71.4 Å². The molecule has 3 rings (SSSR count). The molecule has 0 aliphatic carbocycles. The molecule has 30 heavy (non-hydrogen) atoms. The largest absolute Gasteiger partial charge is 0.383 e. The van der Waals surface area contributed by atoms with Crippen LogP contribution in [0.2, 0.25) is 0 Å². The number of halogens is 2. The summed E-state index contributed by atoms with van der Waals surface area (Å²) in [6.07, 6.45) is 0. The Labute approximate surface area is 173 Å². The highest BCUT2D eigenvalue weighted by Gasteiger charge is 2.43. The number of methoxy groups -OCH3 is 2. The third-order valence-corrected chi connectivity index (χ3v) is 4.73. The number of hydrogen-bond acceptors (Lipinski definition) is 5. The van der Waals surface area contributed by atoms with Crippen LogP contribution in [0, 0.1) is 11.6 Å². The molecule has 1 aliphatic rings. The van der Waals surface area contributed by atoms with Crippen LogP contribution in [0.25, 0.3) is 5.57 Å². The highest BCUT2D eigenvalue weighted by atomic mass is 19.1. The van der Waals surface area contributed by atoms with E-state index in [1.54, 1.807) is 11.0 Å². The molecule has 0 radical (unpaired) electrons. The fraction of sp³-hybridized carbons (Fsp3) is 0.273. The van der Waals surface area contributed by atoms with Gasteiger partial charge in [-0.05, 0) is 29.8 Å². The van der Waals surface area contributed by atoms with Gasteiger partial charge in [-0.25, -0.2) is 13.7 Å². The van der Waals surface area contributed by atoms with Crippen molar-refractivity contribution in [2.24, 2.45) is 0 Å². The van der Waals surface area contributed by atoms with E-state index in [2.05, 4.69) is 0 Å². The molecular weight excluding hydrogens is 394 g/mol. The zero-order valence-corrected chi connectivity index (χ0v) is 16.7. The minimum absolute atomic E-state index is 0.0791. The van der Waals surface area contributed by atoms with Gasteiger partial charge < -0.3 is 14.4 Å². The van der Waals surface area contributed by atoms with Crippen molar-refractivity contribution < 1.29 is 27.8 Å². The van der Waals surface area contributed by atoms with Crippen LogP contribution in [0.1, 0.15) is 5.56 Å². The third-order valence-electron chi connectivity index (χ3n) is 4.73. The van der Waals surface area contributed by atoms with E-state index in [4.69, 9.17) is 9.47 Å². The highest BCUT2D eigenvalue weighted by Crippen LogP contribution is 2.35. The van der Waals surface area contributed by atoms with Crippen LogP contribution in [0.5, 0.6) is 0 Å². The highest BCUT2D eigenvalue weighted by molar-refractivity contribution is 6.45. The van der Waals surface area contributed by atoms with Crippen LogP contribution in [-0.2, 0) is 19.1 Å². The normalized spacial score (nSPS) is 14.1. The first kappa shape index (κ1) is 21.6. The van der Waals surface area contributed by atoms with Crippen LogP contribution in [-0.4, -0.2) is 57.2 Å². The lowest BCUT2D eigenvalue weighted by molar-refractivity contribution is -0.120. The van der Waals surface area contributed by atoms with Crippen LogP contribution < -0.4 is 4.90 Å². The van der Waals surface area contributed by atoms with Gasteiger partial charge in [0.2, 0.25) is 0 Å². The van der Waals surface area contributed by atoms with Crippen molar-refractivity contribution >= 4 is 23.1 Å². The average Bonchev–Trinajstić information content (AvgIpc) is 2.99. The quantitative estimate of drug-likeness (QED) is 0.589. The van der Waals surface area contributed by atoms with Gasteiger partial charge in [-0.15, -0.1) is 0 Å². The predicted molar refractivity (Wildman–Crippen MR) is 108 cm³/mol. The van der Waals surface area contributed by atoms with Crippen molar-refractivity contribution in [3.8, 4) is 0 Å². The second kappa shape index (κ2) is 9.60. The fourth-order valence-corrected chi connectivity index (χ4v) is 3.28. The van der Waals surface area contributed by atoms with Gasteiger partial charge in [0.05, 0.1) is 24.5 Å². The number of benzene rings is 2. The minimum Gasteiger partial charge on any atom is -0.383 e. The molecule has 0 N–H and O–H groups in total. The number of hydrogen-bond donors (Lipinski definition) is 0. The molecule has 0 fully saturated rings. The molecule has 0 saturated heterocycles. The number of anilines is 1. The summed E-state index contributed by atoms with van der Waals surface area (Å²) in [5.41, 5.74) is 0.406. The van der Waals surface area contributed by atoms with E-state index < -0.39 is 23.4 Å². The Morgan fingerprint density at radius 2 is 1.47 bits per heavy atom. The summed E-state index contributed by atoms with van der Waals surface area (Å²) in [7, 11) is 3.05. The van der Waals surface area contributed by atoms with E-state index in [1.807, 2.05) is 0 Å². The number of amides is 2. The molecule has 8 heteroatoms. The fourth-order valence-electron chi connectivity index (χ4n) is 3.28. The van der Waals surface area contributed by atoms with E-state index in [1.165, 1.54) is 56.7 Å². The maximum atomic E-state index is 14.4. The number of ether oxygens (including phenoxy) is 2. The molecule has 0 unspecified atom stereocenters. The van der Waals surface area contributed by atoms with Crippen LogP contribution in [0.3, 0.4) is 0 Å². The zero-order valence-electron chi connectivity index (χ0n) is 16.7. The summed E-state index contributed by atoms with van der Waals surface area (Å²) >= 11 is 0. The number of para-hydroxylation sites is 1. The van der Waals surface area contributed by atoms with Gasteiger partial charge in [0.15, 0.2) is 0 Å². The van der Waals surface area contributed by atoms with E-state index in [-0.39, 0.29) is 17.0 Å². The zero-order chi connectivity index (χ0) is 21.7. The molecule has 0 saturated carbocycles. The van der Waals surface area contributed by atoms with Gasteiger partial charge in [0.25, 0.3) is 11.8 Å². The summed E-state index contributed by atoms with van der Waals surface area (Å²) in [5, 5.41) is 0. The Kier molecular flexibility index (Phi) is 6.91. The molecule has 2 aromatic carbocycles. The number of imide groups is 1. The molecule has 0 atom stereocenters. The topological polar surface area (TPSA) is 59.1 Å². The van der Waals surface area contributed by atoms with Gasteiger partial charge in [-0.2, -0.15) is 0 Å². The Bertz CT molecular complexity index is 952. The lowest BCUT2D eigenvalue weighted by Gasteiger charge is -2.25. The molecule has 2 amide bonds. The number of nitrogens with zero attached hydrogens (tertiary/aromatic N) is 2. The number of carbonyl (C=O) groups excluding carboxylic acids is 2.